The van der Waals surface area contributed by atoms with Crippen LogP contribution in [0.25, 0.3) is 32.0 Å². The Kier molecular flexibility index (Phi) is 14.7. The first kappa shape index (κ1) is 33.7. The molecule has 0 saturated carbocycles. The summed E-state index contributed by atoms with van der Waals surface area (Å²) < 4.78 is 12.1. The maximum absolute atomic E-state index is 8.39. The van der Waals surface area contributed by atoms with Crippen molar-refractivity contribution < 1.29 is 9.47 Å². The van der Waals surface area contributed by atoms with Gasteiger partial charge in [0.05, 0.1) is 13.2 Å². The molecule has 8 nitrogen and oxygen atoms in total. The van der Waals surface area contributed by atoms with Crippen LogP contribution in [0.2, 0.25) is 0 Å². The highest BCUT2D eigenvalue weighted by molar-refractivity contribution is 6.04. The van der Waals surface area contributed by atoms with E-state index >= 15 is 0 Å². The molecule has 0 amide bonds. The smallest absolute Gasteiger partial charge is 0.119 e. The molecule has 8 heteroatoms. The van der Waals surface area contributed by atoms with E-state index in [-0.39, 0.29) is 0 Å². The lowest BCUT2D eigenvalue weighted by Gasteiger charge is -2.19. The van der Waals surface area contributed by atoms with Gasteiger partial charge in [0, 0.05) is 22.9 Å². The van der Waals surface area contributed by atoms with Gasteiger partial charge < -0.3 is 9.47 Å². The van der Waals surface area contributed by atoms with Crippen LogP contribution >= 0.6 is 0 Å². The van der Waals surface area contributed by atoms with E-state index in [2.05, 4.69) is 117 Å². The van der Waals surface area contributed by atoms with Gasteiger partial charge in [-0.15, -0.1) is 0 Å². The molecule has 0 saturated heterocycles. The maximum atomic E-state index is 8.39. The van der Waals surface area contributed by atoms with Crippen molar-refractivity contribution in [3.05, 3.63) is 152 Å². The third-order valence-electron chi connectivity index (χ3n) is 7.63. The Morgan fingerprint density at radius 2 is 0.783 bits per heavy atom. The third kappa shape index (κ3) is 11.1. The molecule has 0 N–H and O–H groups in total. The highest BCUT2D eigenvalue weighted by atomic mass is 16.5. The highest BCUT2D eigenvalue weighted by Gasteiger charge is 2.16. The van der Waals surface area contributed by atoms with Gasteiger partial charge in [0.25, 0.3) is 0 Å². The van der Waals surface area contributed by atoms with E-state index in [0.717, 1.165) is 96.3 Å². The van der Waals surface area contributed by atoms with Crippen LogP contribution < -0.4 is 9.47 Å². The average Bonchev–Trinajstić information content (AvgIpc) is 3.11. The van der Waals surface area contributed by atoms with E-state index in [1.807, 2.05) is 12.1 Å². The van der Waals surface area contributed by atoms with Crippen LogP contribution in [0.4, 0.5) is 0 Å². The Morgan fingerprint density at radius 3 is 1.15 bits per heavy atom. The third-order valence-corrected chi connectivity index (χ3v) is 7.63. The molecule has 0 radical (unpaired) electrons. The fraction of sp³-hybridized carbons (Fsp3) is 0.316. The van der Waals surface area contributed by atoms with Crippen LogP contribution in [-0.2, 0) is 0 Å². The molecule has 0 aliphatic carbocycles. The van der Waals surface area contributed by atoms with Crippen LogP contribution in [0.5, 0.6) is 11.5 Å². The van der Waals surface area contributed by atoms with Crippen molar-refractivity contribution in [1.29, 1.82) is 0 Å². The zero-order valence-corrected chi connectivity index (χ0v) is 26.4. The van der Waals surface area contributed by atoms with Gasteiger partial charge >= 0.3 is 0 Å². The second kappa shape index (κ2) is 20.0. The topological polar surface area (TPSA) is 116 Å². The maximum Gasteiger partial charge on any atom is 0.119 e. The summed E-state index contributed by atoms with van der Waals surface area (Å²) in [5.74, 6) is 1.70. The Bertz CT molecular complexity index is 1460. The molecule has 0 aromatic heterocycles. The first-order chi connectivity index (χ1) is 22.8. The quantitative estimate of drug-likeness (QED) is 0.0324. The van der Waals surface area contributed by atoms with Crippen molar-refractivity contribution in [3.63, 3.8) is 0 Å². The van der Waals surface area contributed by atoms with Gasteiger partial charge in [-0.05, 0) is 94.4 Å². The molecule has 236 valence electrons. The summed E-state index contributed by atoms with van der Waals surface area (Å²) in [6.45, 7) is 2.43. The van der Waals surface area contributed by atoms with Crippen LogP contribution in [0, 0.1) is 0 Å². The fourth-order valence-corrected chi connectivity index (χ4v) is 5.30. The Morgan fingerprint density at radius 1 is 0.435 bits per heavy atom. The molecule has 0 spiro atoms. The first-order valence-corrected chi connectivity index (χ1v) is 16.1. The number of ether oxygens (including phenoxy) is 2. The monoisotopic (exact) mass is 614 g/mol. The molecule has 4 aromatic rings. The number of hydrogen-bond donors (Lipinski definition) is 0. The van der Waals surface area contributed by atoms with Crippen LogP contribution in [0.15, 0.2) is 119 Å². The molecule has 46 heavy (non-hydrogen) atoms. The first-order valence-electron chi connectivity index (χ1n) is 16.1. The van der Waals surface area contributed by atoms with Crippen LogP contribution in [-0.4, -0.2) is 26.3 Å². The Hall–Kier alpha value is -5.16. The van der Waals surface area contributed by atoms with E-state index in [4.69, 9.17) is 20.5 Å². The summed E-state index contributed by atoms with van der Waals surface area (Å²) in [7, 11) is 0. The molecule has 0 fully saturated rings. The molecule has 0 unspecified atom stereocenters. The lowest BCUT2D eigenvalue weighted by Crippen LogP contribution is -2.00. The number of azide groups is 2. The second-order valence-corrected chi connectivity index (χ2v) is 11.0. The molecule has 0 aliphatic rings. The Balaban J connectivity index is 1.53. The molecule has 4 rings (SSSR count). The molecule has 0 bridgehead atoms. The van der Waals surface area contributed by atoms with Gasteiger partial charge in [-0.1, -0.05) is 121 Å². The molecule has 0 aliphatic heterocycles. The molecular weight excluding hydrogens is 572 g/mol. The van der Waals surface area contributed by atoms with E-state index in [1.165, 1.54) is 0 Å². The molecule has 4 aromatic carbocycles. The summed E-state index contributed by atoms with van der Waals surface area (Å²) in [4.78, 5) is 5.61. The lowest BCUT2D eigenvalue weighted by molar-refractivity contribution is 0.304. The zero-order valence-electron chi connectivity index (χ0n) is 26.4. The van der Waals surface area contributed by atoms with E-state index in [1.54, 1.807) is 0 Å². The van der Waals surface area contributed by atoms with Gasteiger partial charge in [-0.3, -0.25) is 0 Å². The summed E-state index contributed by atoms with van der Waals surface area (Å²) >= 11 is 0. The largest absolute Gasteiger partial charge is 0.494 e. The minimum Gasteiger partial charge on any atom is -0.494 e. The normalized spacial score (nSPS) is 11.1. The number of unbranched alkanes of at least 4 members (excludes halogenated alkanes) is 6. The van der Waals surface area contributed by atoms with Crippen LogP contribution in [0.3, 0.4) is 0 Å². The van der Waals surface area contributed by atoms with Gasteiger partial charge in [0.15, 0.2) is 0 Å². The lowest BCUT2D eigenvalue weighted by atomic mass is 9.86. The van der Waals surface area contributed by atoms with Crippen molar-refractivity contribution in [3.8, 4) is 11.5 Å². The minimum atomic E-state index is 0.558. The second-order valence-electron chi connectivity index (χ2n) is 11.0. The molecule has 0 atom stereocenters. The summed E-state index contributed by atoms with van der Waals surface area (Å²) in [6.07, 6.45) is 7.90. The highest BCUT2D eigenvalue weighted by Crippen LogP contribution is 2.37. The number of benzene rings is 4. The minimum absolute atomic E-state index is 0.558. The standard InChI is InChI=1S/C38H42N6O2/c39-43-41-27-11-1-3-13-29-45-35-23-19-33(20-24-35)37(31-15-7-5-8-16-31)38(32-17-9-6-10-18-32)34-21-25-36(26-22-34)46-30-14-4-2-12-28-42-44-40/h5-10,15-26H,1-4,11-14,27-30H2. The SMILES string of the molecule is [N-]=[N+]=NCCCCCCOc1ccc(C(=C(c2ccccc2)c2ccc(OCCCCCCN=[N+]=[N-])cc2)c2ccccc2)cc1. The number of nitrogens with zero attached hydrogens (tertiary/aromatic N) is 6. The summed E-state index contributed by atoms with van der Waals surface area (Å²) in [6, 6.07) is 37.8. The van der Waals surface area contributed by atoms with Crippen molar-refractivity contribution >= 4 is 11.1 Å². The van der Waals surface area contributed by atoms with Gasteiger partial charge in [0.1, 0.15) is 11.5 Å². The van der Waals surface area contributed by atoms with Crippen molar-refractivity contribution in [2.45, 2.75) is 51.4 Å². The Labute approximate surface area is 272 Å². The average molecular weight is 615 g/mol. The summed E-state index contributed by atoms with van der Waals surface area (Å²) in [5.41, 5.74) is 23.6. The van der Waals surface area contributed by atoms with E-state index in [0.29, 0.717) is 26.3 Å². The molecular formula is C38H42N6O2. The number of rotatable bonds is 20. The van der Waals surface area contributed by atoms with Gasteiger partial charge in [0.2, 0.25) is 0 Å². The predicted octanol–water partition coefficient (Wildman–Crippen LogP) is 11.2. The van der Waals surface area contributed by atoms with Crippen LogP contribution in [0.1, 0.15) is 73.6 Å². The number of hydrogen-bond acceptors (Lipinski definition) is 4. The zero-order chi connectivity index (χ0) is 32.1. The molecule has 0 heterocycles. The van der Waals surface area contributed by atoms with E-state index in [9.17, 15) is 0 Å². The van der Waals surface area contributed by atoms with Crippen molar-refractivity contribution in [2.24, 2.45) is 10.2 Å². The summed E-state index contributed by atoms with van der Waals surface area (Å²) in [5, 5.41) is 7.18. The van der Waals surface area contributed by atoms with E-state index < -0.39 is 0 Å². The van der Waals surface area contributed by atoms with Crippen molar-refractivity contribution in [1.82, 2.24) is 0 Å². The van der Waals surface area contributed by atoms with Crippen molar-refractivity contribution in [2.75, 3.05) is 26.3 Å². The van der Waals surface area contributed by atoms with Gasteiger partial charge in [-0.25, -0.2) is 0 Å². The predicted molar refractivity (Wildman–Crippen MR) is 187 cm³/mol. The fourth-order valence-electron chi connectivity index (χ4n) is 5.30. The van der Waals surface area contributed by atoms with Gasteiger partial charge in [-0.2, -0.15) is 0 Å².